The van der Waals surface area contributed by atoms with Gasteiger partial charge in [-0.2, -0.15) is 11.3 Å². The molecule has 1 saturated heterocycles. The SMILES string of the molecule is CC1(C)CN(CCc2ccsc2)CC(CBr)O1. The summed E-state index contributed by atoms with van der Waals surface area (Å²) in [5, 5.41) is 5.32. The summed E-state index contributed by atoms with van der Waals surface area (Å²) in [5.41, 5.74) is 1.43. The second kappa shape index (κ2) is 5.83. The topological polar surface area (TPSA) is 12.5 Å². The van der Waals surface area contributed by atoms with E-state index in [9.17, 15) is 0 Å². The number of hydrogen-bond donors (Lipinski definition) is 0. The van der Waals surface area contributed by atoms with Gasteiger partial charge in [-0.3, -0.25) is 4.90 Å². The highest BCUT2D eigenvalue weighted by molar-refractivity contribution is 9.09. The lowest BCUT2D eigenvalue weighted by atomic mass is 10.0. The van der Waals surface area contributed by atoms with Crippen LogP contribution in [0, 0.1) is 0 Å². The van der Waals surface area contributed by atoms with E-state index >= 15 is 0 Å². The van der Waals surface area contributed by atoms with Gasteiger partial charge in [0.25, 0.3) is 0 Å². The van der Waals surface area contributed by atoms with Gasteiger partial charge >= 0.3 is 0 Å². The lowest BCUT2D eigenvalue weighted by Crippen LogP contribution is -2.53. The third-order valence-corrected chi connectivity index (χ3v) is 4.48. The molecule has 1 aliphatic rings. The van der Waals surface area contributed by atoms with Crippen molar-refractivity contribution < 1.29 is 4.74 Å². The molecule has 1 atom stereocenters. The van der Waals surface area contributed by atoms with E-state index in [2.05, 4.69) is 51.5 Å². The summed E-state index contributed by atoms with van der Waals surface area (Å²) < 4.78 is 6.00. The van der Waals surface area contributed by atoms with Gasteiger partial charge in [-0.25, -0.2) is 0 Å². The molecule has 1 fully saturated rings. The molecule has 2 heterocycles. The van der Waals surface area contributed by atoms with E-state index in [-0.39, 0.29) is 5.60 Å². The Morgan fingerprint density at radius 2 is 2.41 bits per heavy atom. The van der Waals surface area contributed by atoms with Crippen LogP contribution < -0.4 is 0 Å². The van der Waals surface area contributed by atoms with E-state index in [0.717, 1.165) is 31.4 Å². The van der Waals surface area contributed by atoms with Crippen molar-refractivity contribution in [3.63, 3.8) is 0 Å². The summed E-state index contributed by atoms with van der Waals surface area (Å²) in [6.07, 6.45) is 1.47. The predicted molar refractivity (Wildman–Crippen MR) is 77.2 cm³/mol. The fourth-order valence-corrected chi connectivity index (χ4v) is 3.43. The molecular formula is C13H20BrNOS. The number of thiophene rings is 1. The van der Waals surface area contributed by atoms with Crippen molar-refractivity contribution in [1.82, 2.24) is 4.90 Å². The predicted octanol–water partition coefficient (Wildman–Crippen LogP) is 3.16. The molecular weight excluding hydrogens is 298 g/mol. The summed E-state index contributed by atoms with van der Waals surface area (Å²) in [4.78, 5) is 2.52. The number of rotatable bonds is 4. The van der Waals surface area contributed by atoms with Crippen molar-refractivity contribution >= 4 is 27.3 Å². The lowest BCUT2D eigenvalue weighted by molar-refractivity contribution is -0.126. The maximum absolute atomic E-state index is 6.00. The van der Waals surface area contributed by atoms with Gasteiger partial charge in [0.1, 0.15) is 0 Å². The van der Waals surface area contributed by atoms with Crippen LogP contribution in [0.1, 0.15) is 19.4 Å². The first-order valence-electron chi connectivity index (χ1n) is 6.06. The third kappa shape index (κ3) is 4.05. The molecule has 1 aromatic heterocycles. The van der Waals surface area contributed by atoms with Gasteiger partial charge < -0.3 is 4.74 Å². The Bertz CT molecular complexity index is 339. The summed E-state index contributed by atoms with van der Waals surface area (Å²) in [5.74, 6) is 0. The summed E-state index contributed by atoms with van der Waals surface area (Å²) >= 11 is 5.31. The van der Waals surface area contributed by atoms with E-state index in [1.807, 2.05) is 0 Å². The van der Waals surface area contributed by atoms with Gasteiger partial charge in [0.2, 0.25) is 0 Å². The molecule has 0 bridgehead atoms. The largest absolute Gasteiger partial charge is 0.369 e. The highest BCUT2D eigenvalue weighted by Gasteiger charge is 2.32. The number of hydrogen-bond acceptors (Lipinski definition) is 3. The van der Waals surface area contributed by atoms with Crippen molar-refractivity contribution in [2.24, 2.45) is 0 Å². The standard InChI is InChI=1S/C13H20BrNOS/c1-13(2)10-15(8-12(7-14)16-13)5-3-11-4-6-17-9-11/h4,6,9,12H,3,5,7-8,10H2,1-2H3. The van der Waals surface area contributed by atoms with E-state index < -0.39 is 0 Å². The van der Waals surface area contributed by atoms with E-state index in [1.54, 1.807) is 11.3 Å². The fourth-order valence-electron chi connectivity index (χ4n) is 2.39. The number of ether oxygens (including phenoxy) is 1. The Hall–Kier alpha value is 0.1000. The Kier molecular flexibility index (Phi) is 4.64. The molecule has 1 aromatic rings. The molecule has 0 spiro atoms. The van der Waals surface area contributed by atoms with Crippen LogP contribution in [-0.4, -0.2) is 41.6 Å². The molecule has 0 amide bonds. The molecule has 1 aliphatic heterocycles. The number of nitrogens with zero attached hydrogens (tertiary/aromatic N) is 1. The molecule has 0 N–H and O–H groups in total. The van der Waals surface area contributed by atoms with Crippen LogP contribution in [0.25, 0.3) is 0 Å². The first-order valence-corrected chi connectivity index (χ1v) is 8.13. The maximum Gasteiger partial charge on any atom is 0.0806 e. The fraction of sp³-hybridized carbons (Fsp3) is 0.692. The summed E-state index contributed by atoms with van der Waals surface area (Å²) in [7, 11) is 0. The minimum atomic E-state index is -0.0225. The van der Waals surface area contributed by atoms with Crippen molar-refractivity contribution in [1.29, 1.82) is 0 Å². The van der Waals surface area contributed by atoms with Crippen LogP contribution in [0.15, 0.2) is 16.8 Å². The number of halogens is 1. The van der Waals surface area contributed by atoms with Gasteiger partial charge in [-0.15, -0.1) is 0 Å². The molecule has 2 nitrogen and oxygen atoms in total. The van der Waals surface area contributed by atoms with Gasteiger partial charge in [-0.1, -0.05) is 15.9 Å². The summed E-state index contributed by atoms with van der Waals surface area (Å²) in [6, 6.07) is 2.22. The molecule has 1 unspecified atom stereocenters. The normalized spacial score (nSPS) is 25.0. The molecule has 0 aliphatic carbocycles. The van der Waals surface area contributed by atoms with Gasteiger partial charge in [-0.05, 0) is 42.7 Å². The third-order valence-electron chi connectivity index (χ3n) is 3.02. The number of alkyl halides is 1. The Balaban J connectivity index is 1.87. The molecule has 96 valence electrons. The molecule has 0 saturated carbocycles. The second-order valence-electron chi connectivity index (χ2n) is 5.27. The molecule has 4 heteroatoms. The molecule has 17 heavy (non-hydrogen) atoms. The minimum Gasteiger partial charge on any atom is -0.369 e. The Morgan fingerprint density at radius 1 is 1.59 bits per heavy atom. The molecule has 0 aromatic carbocycles. The van der Waals surface area contributed by atoms with Crippen LogP contribution in [-0.2, 0) is 11.2 Å². The van der Waals surface area contributed by atoms with Crippen molar-refractivity contribution in [2.75, 3.05) is 25.0 Å². The maximum atomic E-state index is 6.00. The van der Waals surface area contributed by atoms with Crippen LogP contribution >= 0.6 is 27.3 Å². The quantitative estimate of drug-likeness (QED) is 0.791. The van der Waals surface area contributed by atoms with Crippen LogP contribution in [0.3, 0.4) is 0 Å². The first-order chi connectivity index (χ1) is 8.09. The highest BCUT2D eigenvalue weighted by atomic mass is 79.9. The molecule has 2 rings (SSSR count). The van der Waals surface area contributed by atoms with Gasteiger partial charge in [0, 0.05) is 25.0 Å². The summed E-state index contributed by atoms with van der Waals surface area (Å²) in [6.45, 7) is 7.56. The highest BCUT2D eigenvalue weighted by Crippen LogP contribution is 2.22. The average Bonchev–Trinajstić information content (AvgIpc) is 2.77. The minimum absolute atomic E-state index is 0.0225. The first kappa shape index (κ1) is 13.5. The monoisotopic (exact) mass is 317 g/mol. The van der Waals surface area contributed by atoms with Crippen LogP contribution in [0.2, 0.25) is 0 Å². The van der Waals surface area contributed by atoms with Gasteiger partial charge in [0.05, 0.1) is 11.7 Å². The zero-order valence-electron chi connectivity index (χ0n) is 10.5. The zero-order chi connectivity index (χ0) is 12.3. The van der Waals surface area contributed by atoms with Crippen molar-refractivity contribution in [3.8, 4) is 0 Å². The second-order valence-corrected chi connectivity index (χ2v) is 6.70. The lowest BCUT2D eigenvalue weighted by Gasteiger charge is -2.42. The Labute approximate surface area is 116 Å². The average molecular weight is 318 g/mol. The number of morpholine rings is 1. The Morgan fingerprint density at radius 3 is 3.06 bits per heavy atom. The zero-order valence-corrected chi connectivity index (χ0v) is 12.9. The van der Waals surface area contributed by atoms with Crippen molar-refractivity contribution in [3.05, 3.63) is 22.4 Å². The van der Waals surface area contributed by atoms with Crippen LogP contribution in [0.4, 0.5) is 0 Å². The molecule has 0 radical (unpaired) electrons. The van der Waals surface area contributed by atoms with E-state index in [0.29, 0.717) is 6.10 Å². The van der Waals surface area contributed by atoms with Crippen molar-refractivity contribution in [2.45, 2.75) is 32.0 Å². The van der Waals surface area contributed by atoms with E-state index in [1.165, 1.54) is 5.56 Å². The smallest absolute Gasteiger partial charge is 0.0806 e. The van der Waals surface area contributed by atoms with Gasteiger partial charge in [0.15, 0.2) is 0 Å². The van der Waals surface area contributed by atoms with Crippen LogP contribution in [0.5, 0.6) is 0 Å². The van der Waals surface area contributed by atoms with E-state index in [4.69, 9.17) is 4.74 Å².